The molecular weight excluding hydrogens is 348 g/mol. The predicted molar refractivity (Wildman–Crippen MR) is 103 cm³/mol. The van der Waals surface area contributed by atoms with Gasteiger partial charge in [0, 0.05) is 23.6 Å². The second-order valence-electron chi connectivity index (χ2n) is 6.24. The smallest absolute Gasteiger partial charge is 0.267 e. The van der Waals surface area contributed by atoms with Crippen LogP contribution >= 0.6 is 11.3 Å². The molecule has 1 aromatic heterocycles. The Hall–Kier alpha value is -2.44. The topological polar surface area (TPSA) is 67.4 Å². The third kappa shape index (κ3) is 5.03. The zero-order valence-corrected chi connectivity index (χ0v) is 15.5. The van der Waals surface area contributed by atoms with Gasteiger partial charge in [0.05, 0.1) is 6.10 Å². The lowest BCUT2D eigenvalue weighted by molar-refractivity contribution is -0.118. The summed E-state index contributed by atoms with van der Waals surface area (Å²) in [5.41, 5.74) is 1.75. The van der Waals surface area contributed by atoms with Gasteiger partial charge in [-0.05, 0) is 49.4 Å². The first kappa shape index (κ1) is 18.4. The van der Waals surface area contributed by atoms with Gasteiger partial charge in [0.15, 0.2) is 0 Å². The maximum atomic E-state index is 12.6. The summed E-state index contributed by atoms with van der Waals surface area (Å²) in [5.74, 6) is -0.612. The van der Waals surface area contributed by atoms with Crippen LogP contribution in [-0.2, 0) is 9.53 Å². The Bertz CT molecular complexity index is 793. The van der Waals surface area contributed by atoms with Crippen LogP contribution < -0.4 is 10.6 Å². The zero-order chi connectivity index (χ0) is 18.4. The maximum absolute atomic E-state index is 12.6. The molecule has 2 heterocycles. The molecule has 5 nitrogen and oxygen atoms in total. The number of ether oxygens (including phenoxy) is 1. The summed E-state index contributed by atoms with van der Waals surface area (Å²) in [4.78, 5) is 26.1. The summed E-state index contributed by atoms with van der Waals surface area (Å²) >= 11 is 1.51. The van der Waals surface area contributed by atoms with Crippen molar-refractivity contribution in [3.05, 3.63) is 63.5 Å². The SMILES string of the molecule is Cc1cccc(C(=O)N/C(=C\c2cccs2)C(=O)NC[C@H]2CCCO2)c1. The normalized spacial score (nSPS) is 17.1. The largest absolute Gasteiger partial charge is 0.376 e. The van der Waals surface area contributed by atoms with Gasteiger partial charge >= 0.3 is 0 Å². The zero-order valence-electron chi connectivity index (χ0n) is 14.7. The van der Waals surface area contributed by atoms with Crippen molar-refractivity contribution in [1.29, 1.82) is 0 Å². The van der Waals surface area contributed by atoms with Gasteiger partial charge in [-0.2, -0.15) is 0 Å². The van der Waals surface area contributed by atoms with Gasteiger partial charge in [-0.1, -0.05) is 23.8 Å². The standard InChI is InChI=1S/C20H22N2O3S/c1-14-5-2-6-15(11-14)19(23)22-18(12-17-8-4-10-26-17)20(24)21-13-16-7-3-9-25-16/h2,4-6,8,10-12,16H,3,7,9,13H2,1H3,(H,21,24)(H,22,23)/b18-12-/t16-/m1/s1. The van der Waals surface area contributed by atoms with Crippen LogP contribution in [0.15, 0.2) is 47.5 Å². The number of benzene rings is 1. The Kier molecular flexibility index (Phi) is 6.20. The van der Waals surface area contributed by atoms with Crippen molar-refractivity contribution in [2.24, 2.45) is 0 Å². The summed E-state index contributed by atoms with van der Waals surface area (Å²) in [6.07, 6.45) is 3.71. The van der Waals surface area contributed by atoms with Gasteiger partial charge in [0.2, 0.25) is 0 Å². The van der Waals surface area contributed by atoms with Gasteiger partial charge in [-0.3, -0.25) is 9.59 Å². The lowest BCUT2D eigenvalue weighted by Gasteiger charge is -2.14. The number of amides is 2. The first-order valence-electron chi connectivity index (χ1n) is 8.65. The number of rotatable bonds is 6. The van der Waals surface area contributed by atoms with Crippen LogP contribution in [0, 0.1) is 6.92 Å². The molecule has 2 N–H and O–H groups in total. The molecule has 0 spiro atoms. The van der Waals surface area contributed by atoms with E-state index in [0.29, 0.717) is 12.1 Å². The molecule has 2 amide bonds. The van der Waals surface area contributed by atoms with Crippen molar-refractivity contribution in [2.75, 3.05) is 13.2 Å². The highest BCUT2D eigenvalue weighted by molar-refractivity contribution is 7.10. The predicted octanol–water partition coefficient (Wildman–Crippen LogP) is 3.12. The van der Waals surface area contributed by atoms with Crippen LogP contribution in [0.5, 0.6) is 0 Å². The molecule has 1 aliphatic heterocycles. The summed E-state index contributed by atoms with van der Waals surface area (Å²) in [5, 5.41) is 7.54. The van der Waals surface area contributed by atoms with E-state index < -0.39 is 0 Å². The lowest BCUT2D eigenvalue weighted by atomic mass is 10.1. The molecule has 0 bridgehead atoms. The fourth-order valence-corrected chi connectivity index (χ4v) is 3.42. The maximum Gasteiger partial charge on any atom is 0.267 e. The molecule has 26 heavy (non-hydrogen) atoms. The average Bonchev–Trinajstić information content (AvgIpc) is 3.33. The van der Waals surface area contributed by atoms with Crippen molar-refractivity contribution < 1.29 is 14.3 Å². The quantitative estimate of drug-likeness (QED) is 0.768. The van der Waals surface area contributed by atoms with E-state index >= 15 is 0 Å². The van der Waals surface area contributed by atoms with Gasteiger partial charge < -0.3 is 15.4 Å². The Morgan fingerprint density at radius 1 is 1.31 bits per heavy atom. The molecule has 3 rings (SSSR count). The fourth-order valence-electron chi connectivity index (χ4n) is 2.76. The molecule has 0 saturated carbocycles. The van der Waals surface area contributed by atoms with Crippen LogP contribution in [-0.4, -0.2) is 31.1 Å². The number of thiophene rings is 1. The van der Waals surface area contributed by atoms with E-state index in [1.54, 1.807) is 18.2 Å². The van der Waals surface area contributed by atoms with Gasteiger partial charge in [-0.15, -0.1) is 11.3 Å². The Morgan fingerprint density at radius 2 is 2.19 bits per heavy atom. The molecule has 1 fully saturated rings. The fraction of sp³-hybridized carbons (Fsp3) is 0.300. The van der Waals surface area contributed by atoms with Gasteiger partial charge in [0.1, 0.15) is 5.70 Å². The van der Waals surface area contributed by atoms with Crippen molar-refractivity contribution in [2.45, 2.75) is 25.9 Å². The van der Waals surface area contributed by atoms with E-state index in [1.807, 2.05) is 36.6 Å². The molecule has 6 heteroatoms. The number of nitrogens with one attached hydrogen (secondary N) is 2. The van der Waals surface area contributed by atoms with Crippen molar-refractivity contribution in [3.63, 3.8) is 0 Å². The average molecular weight is 370 g/mol. The summed E-state index contributed by atoms with van der Waals surface area (Å²) in [7, 11) is 0. The number of aryl methyl sites for hydroxylation is 1. The summed E-state index contributed by atoms with van der Waals surface area (Å²) in [6, 6.07) is 11.1. The van der Waals surface area contributed by atoms with Crippen LogP contribution in [0.2, 0.25) is 0 Å². The third-order valence-corrected chi connectivity index (χ3v) is 4.94. The molecule has 2 aromatic rings. The highest BCUT2D eigenvalue weighted by atomic mass is 32.1. The van der Waals surface area contributed by atoms with E-state index in [2.05, 4.69) is 10.6 Å². The van der Waals surface area contributed by atoms with Crippen molar-refractivity contribution >= 4 is 29.2 Å². The van der Waals surface area contributed by atoms with Gasteiger partial charge in [-0.25, -0.2) is 0 Å². The van der Waals surface area contributed by atoms with Crippen LogP contribution in [0.1, 0.15) is 33.6 Å². The minimum absolute atomic E-state index is 0.0504. The molecule has 0 unspecified atom stereocenters. The van der Waals surface area contributed by atoms with E-state index in [9.17, 15) is 9.59 Å². The summed E-state index contributed by atoms with van der Waals surface area (Å²) < 4.78 is 5.53. The van der Waals surface area contributed by atoms with Crippen molar-refractivity contribution in [1.82, 2.24) is 10.6 Å². The van der Waals surface area contributed by atoms with E-state index in [4.69, 9.17) is 4.74 Å². The highest BCUT2D eigenvalue weighted by Crippen LogP contribution is 2.14. The van der Waals surface area contributed by atoms with Crippen LogP contribution in [0.3, 0.4) is 0 Å². The van der Waals surface area contributed by atoms with E-state index in [0.717, 1.165) is 29.9 Å². The molecule has 1 saturated heterocycles. The number of hydrogen-bond acceptors (Lipinski definition) is 4. The molecule has 0 radical (unpaired) electrons. The number of hydrogen-bond donors (Lipinski definition) is 2. The van der Waals surface area contributed by atoms with Crippen molar-refractivity contribution in [3.8, 4) is 0 Å². The molecule has 1 aliphatic rings. The first-order chi connectivity index (χ1) is 12.6. The van der Waals surface area contributed by atoms with Gasteiger partial charge in [0.25, 0.3) is 11.8 Å². The molecule has 1 atom stereocenters. The number of carbonyl (C=O) groups excluding carboxylic acids is 2. The Labute approximate surface area is 157 Å². The lowest BCUT2D eigenvalue weighted by Crippen LogP contribution is -2.38. The third-order valence-electron chi connectivity index (χ3n) is 4.12. The number of carbonyl (C=O) groups is 2. The van der Waals surface area contributed by atoms with E-state index in [1.165, 1.54) is 11.3 Å². The Morgan fingerprint density at radius 3 is 2.88 bits per heavy atom. The highest BCUT2D eigenvalue weighted by Gasteiger charge is 2.19. The molecule has 0 aliphatic carbocycles. The second-order valence-corrected chi connectivity index (χ2v) is 7.22. The van der Waals surface area contributed by atoms with Crippen LogP contribution in [0.25, 0.3) is 6.08 Å². The second kappa shape index (κ2) is 8.78. The van der Waals surface area contributed by atoms with E-state index in [-0.39, 0.29) is 23.6 Å². The van der Waals surface area contributed by atoms with Crippen LogP contribution in [0.4, 0.5) is 0 Å². The summed E-state index contributed by atoms with van der Waals surface area (Å²) in [6.45, 7) is 3.11. The first-order valence-corrected chi connectivity index (χ1v) is 9.53. The minimum Gasteiger partial charge on any atom is -0.376 e. The molecule has 136 valence electrons. The molecule has 1 aromatic carbocycles. The monoisotopic (exact) mass is 370 g/mol. The Balaban J connectivity index is 1.72. The minimum atomic E-state index is -0.310. The molecular formula is C20H22N2O3S.